The van der Waals surface area contributed by atoms with Crippen molar-refractivity contribution in [1.82, 2.24) is 0 Å². The van der Waals surface area contributed by atoms with Crippen LogP contribution in [0.5, 0.6) is 0 Å². The minimum absolute atomic E-state index is 0.309. The van der Waals surface area contributed by atoms with E-state index in [1.807, 2.05) is 12.1 Å². The maximum Gasteiger partial charge on any atom is 0.0350 e. The number of nitrogens with two attached hydrogens (primary N) is 2. The van der Waals surface area contributed by atoms with Crippen LogP contribution >= 0.6 is 23.2 Å². The molecule has 84 valence electrons. The molecular weight excluding hydrogens is 231 g/mol. The van der Waals surface area contributed by atoms with Crippen LogP contribution in [0.25, 0.3) is 0 Å². The highest BCUT2D eigenvalue weighted by molar-refractivity contribution is 6.18. The minimum atomic E-state index is 0.309. The van der Waals surface area contributed by atoms with Crippen molar-refractivity contribution in [1.29, 1.82) is 0 Å². The van der Waals surface area contributed by atoms with E-state index >= 15 is 0 Å². The molecule has 0 aliphatic rings. The van der Waals surface area contributed by atoms with Gasteiger partial charge in [-0.1, -0.05) is 0 Å². The lowest BCUT2D eigenvalue weighted by Crippen LogP contribution is -2.05. The summed E-state index contributed by atoms with van der Waals surface area (Å²) >= 11 is 11.5. The smallest absolute Gasteiger partial charge is 0.0350 e. The number of hydrogen-bond acceptors (Lipinski definition) is 2. The van der Waals surface area contributed by atoms with Crippen LogP contribution in [-0.4, -0.2) is 11.8 Å². The third kappa shape index (κ3) is 3.47. The molecule has 0 radical (unpaired) electrons. The monoisotopic (exact) mass is 246 g/mol. The van der Waals surface area contributed by atoms with Gasteiger partial charge in [0.2, 0.25) is 0 Å². The molecule has 0 amide bonds. The fourth-order valence-corrected chi connectivity index (χ4v) is 2.19. The van der Waals surface area contributed by atoms with Gasteiger partial charge in [0.25, 0.3) is 0 Å². The van der Waals surface area contributed by atoms with E-state index in [0.29, 0.717) is 17.7 Å². The second-order valence-electron chi connectivity index (χ2n) is 3.54. The fourth-order valence-electron chi connectivity index (χ4n) is 1.67. The molecule has 4 heteroatoms. The summed E-state index contributed by atoms with van der Waals surface area (Å²) in [4.78, 5) is 0. The maximum atomic E-state index is 5.91. The zero-order valence-electron chi connectivity index (χ0n) is 8.55. The highest BCUT2D eigenvalue weighted by Crippen LogP contribution is 2.30. The van der Waals surface area contributed by atoms with E-state index in [9.17, 15) is 0 Å². The molecule has 1 aromatic carbocycles. The van der Waals surface area contributed by atoms with Gasteiger partial charge in [-0.25, -0.2) is 0 Å². The Morgan fingerprint density at radius 1 is 1.07 bits per heavy atom. The van der Waals surface area contributed by atoms with Crippen molar-refractivity contribution in [3.8, 4) is 0 Å². The molecule has 0 aliphatic carbocycles. The standard InChI is InChI=1S/C11H16Cl2N2/c12-5-3-8(4-6-13)10-7-9(14)1-2-11(10)15/h1-2,7-8H,3-6,14-15H2. The van der Waals surface area contributed by atoms with Gasteiger partial charge < -0.3 is 11.5 Å². The van der Waals surface area contributed by atoms with Crippen molar-refractivity contribution in [2.45, 2.75) is 18.8 Å². The van der Waals surface area contributed by atoms with E-state index < -0.39 is 0 Å². The van der Waals surface area contributed by atoms with Crippen molar-refractivity contribution in [3.05, 3.63) is 23.8 Å². The van der Waals surface area contributed by atoms with Crippen LogP contribution in [0.2, 0.25) is 0 Å². The van der Waals surface area contributed by atoms with Gasteiger partial charge in [-0.15, -0.1) is 23.2 Å². The highest BCUT2D eigenvalue weighted by Gasteiger charge is 2.13. The first-order valence-electron chi connectivity index (χ1n) is 4.96. The van der Waals surface area contributed by atoms with Crippen molar-refractivity contribution >= 4 is 34.6 Å². The Balaban J connectivity index is 2.93. The van der Waals surface area contributed by atoms with Gasteiger partial charge in [0.15, 0.2) is 0 Å². The van der Waals surface area contributed by atoms with Gasteiger partial charge in [0.05, 0.1) is 0 Å². The molecule has 0 heterocycles. The van der Waals surface area contributed by atoms with E-state index in [-0.39, 0.29) is 0 Å². The van der Waals surface area contributed by atoms with Gasteiger partial charge in [-0.3, -0.25) is 0 Å². The summed E-state index contributed by atoms with van der Waals surface area (Å²) in [5.41, 5.74) is 14.2. The number of anilines is 2. The average Bonchev–Trinajstić information content (AvgIpc) is 2.21. The molecule has 0 saturated carbocycles. The summed E-state index contributed by atoms with van der Waals surface area (Å²) < 4.78 is 0. The molecule has 1 rings (SSSR count). The summed E-state index contributed by atoms with van der Waals surface area (Å²) in [6.07, 6.45) is 1.75. The second kappa shape index (κ2) is 6.09. The normalized spacial score (nSPS) is 10.9. The molecule has 4 N–H and O–H groups in total. The minimum Gasteiger partial charge on any atom is -0.399 e. The lowest BCUT2D eigenvalue weighted by atomic mass is 9.92. The highest BCUT2D eigenvalue weighted by atomic mass is 35.5. The van der Waals surface area contributed by atoms with Crippen LogP contribution < -0.4 is 11.5 Å². The zero-order chi connectivity index (χ0) is 11.3. The Bertz CT molecular complexity index is 309. The van der Waals surface area contributed by atoms with E-state index in [4.69, 9.17) is 34.7 Å². The third-order valence-corrected chi connectivity index (χ3v) is 2.90. The SMILES string of the molecule is Nc1ccc(N)c(C(CCCl)CCCl)c1. The lowest BCUT2D eigenvalue weighted by molar-refractivity contribution is 0.651. The molecule has 0 saturated heterocycles. The topological polar surface area (TPSA) is 52.0 Å². The number of hydrogen-bond donors (Lipinski definition) is 2. The van der Waals surface area contributed by atoms with Crippen LogP contribution in [0.1, 0.15) is 24.3 Å². The molecule has 0 aromatic heterocycles. The van der Waals surface area contributed by atoms with Crippen LogP contribution in [0.4, 0.5) is 11.4 Å². The van der Waals surface area contributed by atoms with Crippen molar-refractivity contribution in [2.24, 2.45) is 0 Å². The molecule has 1 aromatic rings. The van der Waals surface area contributed by atoms with Crippen molar-refractivity contribution in [3.63, 3.8) is 0 Å². The first kappa shape index (κ1) is 12.5. The third-order valence-electron chi connectivity index (χ3n) is 2.47. The number of alkyl halides is 2. The van der Waals surface area contributed by atoms with Gasteiger partial charge in [0, 0.05) is 23.1 Å². The van der Waals surface area contributed by atoms with Crippen LogP contribution in [0, 0.1) is 0 Å². The van der Waals surface area contributed by atoms with Gasteiger partial charge in [0.1, 0.15) is 0 Å². The largest absolute Gasteiger partial charge is 0.399 e. The summed E-state index contributed by atoms with van der Waals surface area (Å²) in [6, 6.07) is 5.55. The number of benzene rings is 1. The quantitative estimate of drug-likeness (QED) is 0.620. The average molecular weight is 247 g/mol. The summed E-state index contributed by atoms with van der Waals surface area (Å²) in [7, 11) is 0. The predicted octanol–water partition coefficient (Wildman–Crippen LogP) is 3.19. The summed E-state index contributed by atoms with van der Waals surface area (Å²) in [6.45, 7) is 0. The number of halogens is 2. The molecule has 2 nitrogen and oxygen atoms in total. The van der Waals surface area contributed by atoms with Crippen molar-refractivity contribution in [2.75, 3.05) is 23.2 Å². The van der Waals surface area contributed by atoms with Crippen LogP contribution in [0.15, 0.2) is 18.2 Å². The Morgan fingerprint density at radius 3 is 2.20 bits per heavy atom. The first-order chi connectivity index (χ1) is 7.19. The van der Waals surface area contributed by atoms with E-state index in [1.165, 1.54) is 0 Å². The predicted molar refractivity (Wildman–Crippen MR) is 68.7 cm³/mol. The van der Waals surface area contributed by atoms with Crippen molar-refractivity contribution < 1.29 is 0 Å². The van der Waals surface area contributed by atoms with Crippen LogP contribution in [0.3, 0.4) is 0 Å². The van der Waals surface area contributed by atoms with E-state index in [1.54, 1.807) is 6.07 Å². The second-order valence-corrected chi connectivity index (χ2v) is 4.30. The lowest BCUT2D eigenvalue weighted by Gasteiger charge is -2.17. The van der Waals surface area contributed by atoms with E-state index in [2.05, 4.69) is 0 Å². The molecule has 15 heavy (non-hydrogen) atoms. The van der Waals surface area contributed by atoms with Gasteiger partial charge >= 0.3 is 0 Å². The number of rotatable bonds is 5. The molecule has 0 bridgehead atoms. The molecule has 0 fully saturated rings. The maximum absolute atomic E-state index is 5.91. The number of nitrogen functional groups attached to an aromatic ring is 2. The molecular formula is C11H16Cl2N2. The first-order valence-corrected chi connectivity index (χ1v) is 6.02. The molecule has 0 spiro atoms. The summed E-state index contributed by atoms with van der Waals surface area (Å²) in [5, 5.41) is 0. The molecule has 0 unspecified atom stereocenters. The zero-order valence-corrected chi connectivity index (χ0v) is 10.1. The molecule has 0 atom stereocenters. The molecule has 0 aliphatic heterocycles. The Morgan fingerprint density at radius 2 is 1.67 bits per heavy atom. The van der Waals surface area contributed by atoms with Gasteiger partial charge in [-0.2, -0.15) is 0 Å². The summed E-state index contributed by atoms with van der Waals surface area (Å²) in [5.74, 6) is 1.52. The fraction of sp³-hybridized carbons (Fsp3) is 0.455. The Labute approximate surface area is 101 Å². The van der Waals surface area contributed by atoms with E-state index in [0.717, 1.165) is 29.8 Å². The Hall–Kier alpha value is -0.600. The Kier molecular flexibility index (Phi) is 5.06. The van der Waals surface area contributed by atoms with Crippen LogP contribution in [-0.2, 0) is 0 Å². The van der Waals surface area contributed by atoms with Gasteiger partial charge in [-0.05, 0) is 42.5 Å².